The van der Waals surface area contributed by atoms with Crippen LogP contribution < -0.4 is 10.6 Å². The molecule has 5 rings (SSSR count). The van der Waals surface area contributed by atoms with Crippen molar-refractivity contribution in [3.05, 3.63) is 59.7 Å². The molecule has 2 saturated carbocycles. The van der Waals surface area contributed by atoms with Crippen LogP contribution in [-0.4, -0.2) is 41.8 Å². The van der Waals surface area contributed by atoms with Gasteiger partial charge in [0.25, 0.3) is 0 Å². The lowest BCUT2D eigenvalue weighted by Gasteiger charge is -2.41. The molecule has 0 radical (unpaired) electrons. The van der Waals surface area contributed by atoms with Crippen LogP contribution in [0.25, 0.3) is 11.1 Å². The predicted molar refractivity (Wildman–Crippen MR) is 131 cm³/mol. The van der Waals surface area contributed by atoms with Crippen molar-refractivity contribution in [2.45, 2.75) is 57.0 Å². The lowest BCUT2D eigenvalue weighted by atomic mass is 9.71. The number of alkyl carbamates (subject to hydrolysis) is 1. The summed E-state index contributed by atoms with van der Waals surface area (Å²) in [6, 6.07) is 16.1. The number of aliphatic carboxylic acids is 1. The zero-order valence-corrected chi connectivity index (χ0v) is 19.9. The van der Waals surface area contributed by atoms with Gasteiger partial charge in [-0.1, -0.05) is 55.5 Å². The molecule has 184 valence electrons. The van der Waals surface area contributed by atoms with Crippen LogP contribution in [-0.2, 0) is 14.3 Å². The molecule has 7 nitrogen and oxygen atoms in total. The van der Waals surface area contributed by atoms with E-state index in [0.717, 1.165) is 17.5 Å². The lowest BCUT2D eigenvalue weighted by molar-refractivity contribution is -0.141. The van der Waals surface area contributed by atoms with Crippen LogP contribution in [0.1, 0.15) is 56.1 Å². The molecule has 3 N–H and O–H groups in total. The number of rotatable bonds is 8. The Hall–Kier alpha value is -3.35. The van der Waals surface area contributed by atoms with Gasteiger partial charge in [0.1, 0.15) is 6.61 Å². The minimum absolute atomic E-state index is 0.0101. The molecule has 5 atom stereocenters. The highest BCUT2D eigenvalue weighted by atomic mass is 16.5. The smallest absolute Gasteiger partial charge is 0.407 e. The Balaban J connectivity index is 1.11. The minimum Gasteiger partial charge on any atom is -0.481 e. The van der Waals surface area contributed by atoms with Gasteiger partial charge in [-0.15, -0.1) is 0 Å². The average Bonchev–Trinajstić information content (AvgIpc) is 3.36. The Morgan fingerprint density at radius 2 is 1.66 bits per heavy atom. The molecule has 3 aliphatic rings. The standard InChI is InChI=1S/C28H32N2O5/c1-2-18(14-26(31)30-25-13-16-11-17(27(32)33)12-23(16)25)29-28(34)35-15-24-21-9-5-3-7-19(21)20-8-4-6-10-22(20)24/h3-10,16-18,23-25H,2,11-15H2,1H3,(H,29,34)(H,30,31)(H,32,33)/t16-,17?,18?,23-,25+/m0/s1. The van der Waals surface area contributed by atoms with Crippen LogP contribution in [0, 0.1) is 17.8 Å². The van der Waals surface area contributed by atoms with Crippen molar-refractivity contribution >= 4 is 18.0 Å². The van der Waals surface area contributed by atoms with E-state index >= 15 is 0 Å². The normalized spacial score (nSPS) is 24.9. The summed E-state index contributed by atoms with van der Waals surface area (Å²) in [4.78, 5) is 36.5. The summed E-state index contributed by atoms with van der Waals surface area (Å²) in [5.41, 5.74) is 4.67. The summed E-state index contributed by atoms with van der Waals surface area (Å²) in [6.45, 7) is 2.16. The maximum atomic E-state index is 12.6. The first-order chi connectivity index (χ1) is 16.9. The average molecular weight is 477 g/mol. The number of benzene rings is 2. The summed E-state index contributed by atoms with van der Waals surface area (Å²) in [6.07, 6.45) is 2.46. The van der Waals surface area contributed by atoms with E-state index in [2.05, 4.69) is 34.9 Å². The van der Waals surface area contributed by atoms with E-state index in [1.807, 2.05) is 31.2 Å². The fraction of sp³-hybridized carbons (Fsp3) is 0.464. The first kappa shape index (κ1) is 23.4. The minimum atomic E-state index is -0.734. The molecular formula is C28H32N2O5. The van der Waals surface area contributed by atoms with E-state index in [9.17, 15) is 19.5 Å². The number of carboxylic acids is 1. The number of hydrogen-bond acceptors (Lipinski definition) is 4. The molecule has 2 aromatic rings. The van der Waals surface area contributed by atoms with Gasteiger partial charge in [-0.2, -0.15) is 0 Å². The number of nitrogens with one attached hydrogen (secondary N) is 2. The quantitative estimate of drug-likeness (QED) is 0.527. The molecule has 0 saturated heterocycles. The summed E-state index contributed by atoms with van der Waals surface area (Å²) >= 11 is 0. The molecule has 2 aromatic carbocycles. The Labute approximate surface area is 205 Å². The second kappa shape index (κ2) is 9.72. The molecule has 2 fully saturated rings. The van der Waals surface area contributed by atoms with Crippen molar-refractivity contribution in [2.75, 3.05) is 6.61 Å². The summed E-state index contributed by atoms with van der Waals surface area (Å²) in [5, 5.41) is 15.2. The molecule has 7 heteroatoms. The third-order valence-corrected chi connectivity index (χ3v) is 8.11. The Morgan fingerprint density at radius 1 is 1.00 bits per heavy atom. The van der Waals surface area contributed by atoms with E-state index in [1.165, 1.54) is 11.1 Å². The van der Waals surface area contributed by atoms with E-state index < -0.39 is 12.1 Å². The summed E-state index contributed by atoms with van der Waals surface area (Å²) < 4.78 is 5.62. The molecule has 2 amide bonds. The molecule has 2 unspecified atom stereocenters. The van der Waals surface area contributed by atoms with Crippen LogP contribution in [0.4, 0.5) is 4.79 Å². The van der Waals surface area contributed by atoms with Gasteiger partial charge in [0.15, 0.2) is 0 Å². The SMILES string of the molecule is CCC(CC(=O)N[C@@H]1C[C@@H]2CC(C(=O)O)C[C@@H]21)NC(=O)OCC1c2ccccc2-c2ccccc21. The van der Waals surface area contributed by atoms with Gasteiger partial charge in [0, 0.05) is 24.4 Å². The van der Waals surface area contributed by atoms with Crippen molar-refractivity contribution in [3.63, 3.8) is 0 Å². The first-order valence-corrected chi connectivity index (χ1v) is 12.6. The molecule has 0 aromatic heterocycles. The van der Waals surface area contributed by atoms with Crippen LogP contribution in [0.5, 0.6) is 0 Å². The third kappa shape index (κ3) is 4.64. The van der Waals surface area contributed by atoms with Crippen LogP contribution in [0.2, 0.25) is 0 Å². The highest BCUT2D eigenvalue weighted by Crippen LogP contribution is 2.49. The second-order valence-corrected chi connectivity index (χ2v) is 10.1. The fourth-order valence-electron chi connectivity index (χ4n) is 6.19. The van der Waals surface area contributed by atoms with Crippen molar-refractivity contribution in [3.8, 4) is 11.1 Å². The van der Waals surface area contributed by atoms with Gasteiger partial charge in [-0.3, -0.25) is 9.59 Å². The number of ether oxygens (including phenoxy) is 1. The third-order valence-electron chi connectivity index (χ3n) is 8.11. The van der Waals surface area contributed by atoms with E-state index in [4.69, 9.17) is 4.74 Å². The highest BCUT2D eigenvalue weighted by Gasteiger charge is 2.49. The molecule has 35 heavy (non-hydrogen) atoms. The van der Waals surface area contributed by atoms with Gasteiger partial charge in [0.2, 0.25) is 5.91 Å². The fourth-order valence-corrected chi connectivity index (χ4v) is 6.19. The number of carbonyl (C=O) groups excluding carboxylic acids is 2. The number of hydrogen-bond donors (Lipinski definition) is 3. The monoisotopic (exact) mass is 476 g/mol. The molecule has 0 bridgehead atoms. The van der Waals surface area contributed by atoms with Crippen LogP contribution >= 0.6 is 0 Å². The maximum absolute atomic E-state index is 12.6. The van der Waals surface area contributed by atoms with E-state index in [1.54, 1.807) is 0 Å². The number of carbonyl (C=O) groups is 3. The molecule has 3 aliphatic carbocycles. The number of fused-ring (bicyclic) bond motifs is 4. The molecule has 0 heterocycles. The van der Waals surface area contributed by atoms with Gasteiger partial charge in [-0.05, 0) is 59.8 Å². The van der Waals surface area contributed by atoms with Crippen molar-refractivity contribution in [2.24, 2.45) is 17.8 Å². The van der Waals surface area contributed by atoms with Gasteiger partial charge >= 0.3 is 12.1 Å². The topological polar surface area (TPSA) is 105 Å². The molecule has 0 aliphatic heterocycles. The Morgan fingerprint density at radius 3 is 2.29 bits per heavy atom. The Kier molecular flexibility index (Phi) is 6.50. The molecular weight excluding hydrogens is 444 g/mol. The van der Waals surface area contributed by atoms with Gasteiger partial charge in [-0.25, -0.2) is 4.79 Å². The van der Waals surface area contributed by atoms with Crippen LogP contribution in [0.3, 0.4) is 0 Å². The lowest BCUT2D eigenvalue weighted by Crippen LogP contribution is -2.51. The number of carboxylic acid groups (broad SMARTS) is 1. The van der Waals surface area contributed by atoms with Crippen molar-refractivity contribution in [1.82, 2.24) is 10.6 Å². The maximum Gasteiger partial charge on any atom is 0.407 e. The zero-order valence-electron chi connectivity index (χ0n) is 19.9. The highest BCUT2D eigenvalue weighted by molar-refractivity contribution is 5.80. The summed E-state index contributed by atoms with van der Waals surface area (Å²) in [7, 11) is 0. The van der Waals surface area contributed by atoms with Gasteiger partial charge < -0.3 is 20.5 Å². The number of amides is 2. The van der Waals surface area contributed by atoms with Crippen molar-refractivity contribution < 1.29 is 24.2 Å². The zero-order chi connectivity index (χ0) is 24.5. The second-order valence-electron chi connectivity index (χ2n) is 10.1. The summed E-state index contributed by atoms with van der Waals surface area (Å²) in [5.74, 6) is -0.479. The van der Waals surface area contributed by atoms with E-state index in [-0.39, 0.29) is 48.8 Å². The predicted octanol–water partition coefficient (Wildman–Crippen LogP) is 4.31. The Bertz CT molecular complexity index is 1090. The van der Waals surface area contributed by atoms with Gasteiger partial charge in [0.05, 0.1) is 5.92 Å². The van der Waals surface area contributed by atoms with Crippen molar-refractivity contribution in [1.29, 1.82) is 0 Å². The first-order valence-electron chi connectivity index (χ1n) is 12.6. The molecule has 0 spiro atoms. The van der Waals surface area contributed by atoms with E-state index in [0.29, 0.717) is 25.2 Å². The largest absolute Gasteiger partial charge is 0.481 e. The van der Waals surface area contributed by atoms with Crippen LogP contribution in [0.15, 0.2) is 48.5 Å².